The third-order valence-corrected chi connectivity index (χ3v) is 2.83. The van der Waals surface area contributed by atoms with Crippen molar-refractivity contribution in [3.8, 4) is 23.0 Å². The smallest absolute Gasteiger partial charge is 0.211 e. The zero-order valence-electron chi connectivity index (χ0n) is 12.7. The molecule has 0 N–H and O–H groups in total. The summed E-state index contributed by atoms with van der Waals surface area (Å²) < 4.78 is 17.5. The predicted octanol–water partition coefficient (Wildman–Crippen LogP) is 5.06. The molecule has 0 saturated carbocycles. The standard InChI is InChI=1S/C18H22O3/c1-3-13-19-16-11-8-12-17(20-14-4-2)18(16)21-15-9-6-5-7-10-15/h5-12H,3-4,13-14H2,1-2H3. The molecule has 0 aromatic heterocycles. The fourth-order valence-corrected chi connectivity index (χ4v) is 1.85. The van der Waals surface area contributed by atoms with Crippen molar-refractivity contribution in [2.24, 2.45) is 0 Å². The predicted molar refractivity (Wildman–Crippen MR) is 84.5 cm³/mol. The van der Waals surface area contributed by atoms with Gasteiger partial charge in [0.2, 0.25) is 5.75 Å². The quantitative estimate of drug-likeness (QED) is 0.679. The number of ether oxygens (including phenoxy) is 3. The minimum atomic E-state index is 0.644. The van der Waals surface area contributed by atoms with Crippen LogP contribution in [-0.2, 0) is 0 Å². The summed E-state index contributed by atoms with van der Waals surface area (Å²) in [5, 5.41) is 0. The molecule has 0 spiro atoms. The number of benzene rings is 2. The minimum absolute atomic E-state index is 0.644. The average Bonchev–Trinajstić information content (AvgIpc) is 2.53. The van der Waals surface area contributed by atoms with Crippen molar-refractivity contribution >= 4 is 0 Å². The van der Waals surface area contributed by atoms with Gasteiger partial charge in [0, 0.05) is 0 Å². The van der Waals surface area contributed by atoms with E-state index in [4.69, 9.17) is 14.2 Å². The second-order valence-electron chi connectivity index (χ2n) is 4.70. The molecule has 2 aromatic carbocycles. The van der Waals surface area contributed by atoms with E-state index in [9.17, 15) is 0 Å². The number of para-hydroxylation sites is 2. The Balaban J connectivity index is 2.28. The van der Waals surface area contributed by atoms with Crippen LogP contribution in [0.1, 0.15) is 26.7 Å². The summed E-state index contributed by atoms with van der Waals surface area (Å²) in [6, 6.07) is 15.4. The average molecular weight is 286 g/mol. The Morgan fingerprint density at radius 2 is 1.29 bits per heavy atom. The van der Waals surface area contributed by atoms with E-state index in [2.05, 4.69) is 13.8 Å². The molecule has 0 amide bonds. The molecule has 0 bridgehead atoms. The monoisotopic (exact) mass is 286 g/mol. The van der Waals surface area contributed by atoms with Crippen molar-refractivity contribution < 1.29 is 14.2 Å². The van der Waals surface area contributed by atoms with Crippen LogP contribution in [0.4, 0.5) is 0 Å². The van der Waals surface area contributed by atoms with Crippen LogP contribution in [0, 0.1) is 0 Å². The lowest BCUT2D eigenvalue weighted by molar-refractivity contribution is 0.277. The highest BCUT2D eigenvalue weighted by Crippen LogP contribution is 2.40. The molecular weight excluding hydrogens is 264 g/mol. The van der Waals surface area contributed by atoms with Gasteiger partial charge in [0.15, 0.2) is 11.5 Å². The molecule has 0 saturated heterocycles. The fourth-order valence-electron chi connectivity index (χ4n) is 1.85. The molecule has 0 radical (unpaired) electrons. The lowest BCUT2D eigenvalue weighted by Crippen LogP contribution is -2.01. The van der Waals surface area contributed by atoms with Crippen LogP contribution >= 0.6 is 0 Å². The van der Waals surface area contributed by atoms with Gasteiger partial charge >= 0.3 is 0 Å². The van der Waals surface area contributed by atoms with Crippen LogP contribution in [0.15, 0.2) is 48.5 Å². The maximum Gasteiger partial charge on any atom is 0.211 e. The van der Waals surface area contributed by atoms with E-state index in [1.807, 2.05) is 48.5 Å². The summed E-state index contributed by atoms with van der Waals surface area (Å²) in [4.78, 5) is 0. The Morgan fingerprint density at radius 1 is 0.714 bits per heavy atom. The summed E-state index contributed by atoms with van der Waals surface area (Å²) in [7, 11) is 0. The van der Waals surface area contributed by atoms with E-state index >= 15 is 0 Å². The highest BCUT2D eigenvalue weighted by atomic mass is 16.5. The van der Waals surface area contributed by atoms with E-state index in [1.54, 1.807) is 0 Å². The SMILES string of the molecule is CCCOc1cccc(OCCC)c1Oc1ccccc1. The van der Waals surface area contributed by atoms with E-state index in [0.29, 0.717) is 30.5 Å². The summed E-state index contributed by atoms with van der Waals surface area (Å²) in [6.45, 7) is 5.47. The van der Waals surface area contributed by atoms with Gasteiger partial charge in [0.25, 0.3) is 0 Å². The van der Waals surface area contributed by atoms with Gasteiger partial charge in [0.1, 0.15) is 5.75 Å². The van der Waals surface area contributed by atoms with Crippen LogP contribution in [-0.4, -0.2) is 13.2 Å². The molecule has 3 heteroatoms. The topological polar surface area (TPSA) is 27.7 Å². The largest absolute Gasteiger partial charge is 0.490 e. The highest BCUT2D eigenvalue weighted by molar-refractivity contribution is 5.53. The van der Waals surface area contributed by atoms with E-state index in [0.717, 1.165) is 18.6 Å². The molecule has 0 atom stereocenters. The van der Waals surface area contributed by atoms with Gasteiger partial charge in [0.05, 0.1) is 13.2 Å². The number of hydrogen-bond donors (Lipinski definition) is 0. The van der Waals surface area contributed by atoms with Crippen LogP contribution < -0.4 is 14.2 Å². The van der Waals surface area contributed by atoms with Crippen LogP contribution in [0.25, 0.3) is 0 Å². The van der Waals surface area contributed by atoms with Crippen LogP contribution in [0.2, 0.25) is 0 Å². The normalized spacial score (nSPS) is 10.2. The van der Waals surface area contributed by atoms with Gasteiger partial charge in [-0.3, -0.25) is 0 Å². The summed E-state index contributed by atoms with van der Waals surface area (Å²) >= 11 is 0. The molecule has 21 heavy (non-hydrogen) atoms. The highest BCUT2D eigenvalue weighted by Gasteiger charge is 2.13. The van der Waals surface area contributed by atoms with E-state index < -0.39 is 0 Å². The molecule has 0 aliphatic heterocycles. The number of hydrogen-bond acceptors (Lipinski definition) is 3. The second-order valence-corrected chi connectivity index (χ2v) is 4.70. The zero-order valence-corrected chi connectivity index (χ0v) is 12.7. The molecule has 0 fully saturated rings. The Hall–Kier alpha value is -2.16. The second kappa shape index (κ2) is 8.20. The van der Waals surface area contributed by atoms with Gasteiger partial charge < -0.3 is 14.2 Å². The maximum atomic E-state index is 5.98. The Kier molecular flexibility index (Phi) is 5.95. The van der Waals surface area contributed by atoms with Crippen molar-refractivity contribution in [2.45, 2.75) is 26.7 Å². The molecule has 112 valence electrons. The first-order valence-electron chi connectivity index (χ1n) is 7.46. The first kappa shape index (κ1) is 15.2. The van der Waals surface area contributed by atoms with Crippen molar-refractivity contribution in [3.63, 3.8) is 0 Å². The van der Waals surface area contributed by atoms with Gasteiger partial charge in [-0.2, -0.15) is 0 Å². The lowest BCUT2D eigenvalue weighted by Gasteiger charge is -2.16. The number of rotatable bonds is 8. The molecule has 0 heterocycles. The van der Waals surface area contributed by atoms with Gasteiger partial charge in [-0.1, -0.05) is 38.1 Å². The molecule has 3 nitrogen and oxygen atoms in total. The summed E-state index contributed by atoms with van der Waals surface area (Å²) in [5.41, 5.74) is 0. The molecular formula is C18H22O3. The Morgan fingerprint density at radius 3 is 1.81 bits per heavy atom. The third kappa shape index (κ3) is 4.42. The minimum Gasteiger partial charge on any atom is -0.490 e. The molecule has 2 rings (SSSR count). The van der Waals surface area contributed by atoms with Crippen LogP contribution in [0.3, 0.4) is 0 Å². The van der Waals surface area contributed by atoms with E-state index in [1.165, 1.54) is 0 Å². The summed E-state index contributed by atoms with van der Waals surface area (Å²) in [6.07, 6.45) is 1.90. The Labute approximate surface area is 126 Å². The fraction of sp³-hybridized carbons (Fsp3) is 0.333. The first-order chi connectivity index (χ1) is 10.3. The van der Waals surface area contributed by atoms with Gasteiger partial charge in [-0.25, -0.2) is 0 Å². The van der Waals surface area contributed by atoms with Crippen molar-refractivity contribution in [3.05, 3.63) is 48.5 Å². The van der Waals surface area contributed by atoms with E-state index in [-0.39, 0.29) is 0 Å². The van der Waals surface area contributed by atoms with Crippen molar-refractivity contribution in [1.82, 2.24) is 0 Å². The van der Waals surface area contributed by atoms with Crippen LogP contribution in [0.5, 0.6) is 23.0 Å². The van der Waals surface area contributed by atoms with Gasteiger partial charge in [-0.15, -0.1) is 0 Å². The van der Waals surface area contributed by atoms with Crippen molar-refractivity contribution in [2.75, 3.05) is 13.2 Å². The molecule has 0 unspecified atom stereocenters. The zero-order chi connectivity index (χ0) is 14.9. The molecule has 2 aromatic rings. The lowest BCUT2D eigenvalue weighted by atomic mass is 10.3. The Bertz CT molecular complexity index is 511. The summed E-state index contributed by atoms with van der Waals surface area (Å²) in [5.74, 6) is 2.85. The van der Waals surface area contributed by atoms with Gasteiger partial charge in [-0.05, 0) is 37.1 Å². The first-order valence-corrected chi connectivity index (χ1v) is 7.46. The van der Waals surface area contributed by atoms with Crippen molar-refractivity contribution in [1.29, 1.82) is 0 Å². The molecule has 0 aliphatic rings. The third-order valence-electron chi connectivity index (χ3n) is 2.83. The maximum absolute atomic E-state index is 5.98. The molecule has 0 aliphatic carbocycles.